The van der Waals surface area contributed by atoms with Gasteiger partial charge in [0.05, 0.1) is 23.3 Å². The van der Waals surface area contributed by atoms with E-state index in [1.165, 1.54) is 36.2 Å². The fourth-order valence-corrected chi connectivity index (χ4v) is 4.32. The van der Waals surface area contributed by atoms with Gasteiger partial charge in [0.15, 0.2) is 0 Å². The summed E-state index contributed by atoms with van der Waals surface area (Å²) < 4.78 is 42.2. The quantitative estimate of drug-likeness (QED) is 0.308. The summed E-state index contributed by atoms with van der Waals surface area (Å²) in [4.78, 5) is 17.1. The van der Waals surface area contributed by atoms with Crippen LogP contribution < -0.4 is 5.32 Å². The molecule has 1 N–H and O–H groups in total. The van der Waals surface area contributed by atoms with Gasteiger partial charge in [0.2, 0.25) is 0 Å². The van der Waals surface area contributed by atoms with Gasteiger partial charge in [-0.3, -0.25) is 4.79 Å². The average Bonchev–Trinajstić information content (AvgIpc) is 3.32. The molecule has 2 heterocycles. The standard InChI is InChI=1S/C30H26F3N5O/c1-19-6-7-23(13-22(19)8-9-25-10-11-26(37-36-25)12-21-4-3-5-21)29(39)35-27-14-24(30(31,32)33)15-28(16-27)38-17-20(2)34-18-38/h6-7,10-11,13-18,21H,3-5,12H2,1-2H3,(H,35,39). The van der Waals surface area contributed by atoms with Crippen molar-refractivity contribution >= 4 is 11.6 Å². The lowest BCUT2D eigenvalue weighted by molar-refractivity contribution is -0.137. The van der Waals surface area contributed by atoms with Gasteiger partial charge in [-0.2, -0.15) is 18.3 Å². The molecule has 9 heteroatoms. The van der Waals surface area contributed by atoms with Crippen LogP contribution in [0.4, 0.5) is 18.9 Å². The second-order valence-electron chi connectivity index (χ2n) is 9.83. The molecule has 0 unspecified atom stereocenters. The third-order valence-corrected chi connectivity index (χ3v) is 6.78. The molecule has 39 heavy (non-hydrogen) atoms. The minimum Gasteiger partial charge on any atom is -0.322 e. The second-order valence-corrected chi connectivity index (χ2v) is 9.83. The van der Waals surface area contributed by atoms with Crippen LogP contribution in [-0.4, -0.2) is 25.7 Å². The number of carbonyl (C=O) groups excluding carboxylic acids is 1. The van der Waals surface area contributed by atoms with Crippen molar-refractivity contribution in [3.8, 4) is 17.5 Å². The number of benzene rings is 2. The number of imidazole rings is 1. The summed E-state index contributed by atoms with van der Waals surface area (Å²) >= 11 is 0. The molecule has 0 saturated heterocycles. The predicted octanol–water partition coefficient (Wildman–Crippen LogP) is 6.29. The maximum atomic E-state index is 13.6. The highest BCUT2D eigenvalue weighted by Crippen LogP contribution is 2.33. The van der Waals surface area contributed by atoms with Gasteiger partial charge in [0.1, 0.15) is 5.69 Å². The fourth-order valence-electron chi connectivity index (χ4n) is 4.32. The maximum Gasteiger partial charge on any atom is 0.416 e. The number of nitrogens with zero attached hydrogens (tertiary/aromatic N) is 4. The Kier molecular flexibility index (Phi) is 7.20. The number of hydrogen-bond acceptors (Lipinski definition) is 4. The van der Waals surface area contributed by atoms with Crippen LogP contribution in [0.3, 0.4) is 0 Å². The van der Waals surface area contributed by atoms with Gasteiger partial charge in [-0.15, -0.1) is 5.10 Å². The molecule has 1 saturated carbocycles. The van der Waals surface area contributed by atoms with Crippen LogP contribution in [0.15, 0.2) is 61.1 Å². The van der Waals surface area contributed by atoms with Gasteiger partial charge in [-0.25, -0.2) is 4.98 Å². The summed E-state index contributed by atoms with van der Waals surface area (Å²) in [6.07, 6.45) is 3.15. The Labute approximate surface area is 224 Å². The number of hydrogen-bond donors (Lipinski definition) is 1. The van der Waals surface area contributed by atoms with Crippen LogP contribution in [0.5, 0.6) is 0 Å². The molecule has 0 spiro atoms. The highest BCUT2D eigenvalue weighted by atomic mass is 19.4. The normalized spacial score (nSPS) is 13.4. The van der Waals surface area contributed by atoms with Crippen molar-refractivity contribution in [3.63, 3.8) is 0 Å². The van der Waals surface area contributed by atoms with E-state index >= 15 is 0 Å². The van der Waals surface area contributed by atoms with Crippen LogP contribution in [0, 0.1) is 31.6 Å². The van der Waals surface area contributed by atoms with Gasteiger partial charge in [-0.1, -0.05) is 31.2 Å². The third kappa shape index (κ3) is 6.34. The molecule has 1 aliphatic carbocycles. The first-order chi connectivity index (χ1) is 18.6. The molecule has 1 aliphatic rings. The smallest absolute Gasteiger partial charge is 0.322 e. The summed E-state index contributed by atoms with van der Waals surface area (Å²) in [6, 6.07) is 12.1. The molecule has 6 nitrogen and oxygen atoms in total. The largest absolute Gasteiger partial charge is 0.416 e. The molecule has 0 atom stereocenters. The molecule has 0 bridgehead atoms. The number of amides is 1. The van der Waals surface area contributed by atoms with Crippen molar-refractivity contribution in [2.45, 2.75) is 45.7 Å². The molecule has 4 aromatic rings. The van der Waals surface area contributed by atoms with Gasteiger partial charge in [0.25, 0.3) is 5.91 Å². The van der Waals surface area contributed by atoms with Crippen molar-refractivity contribution in [2.24, 2.45) is 5.92 Å². The molecule has 0 radical (unpaired) electrons. The molecule has 1 fully saturated rings. The Morgan fingerprint density at radius 2 is 1.87 bits per heavy atom. The van der Waals surface area contributed by atoms with Crippen LogP contribution in [0.25, 0.3) is 5.69 Å². The molecule has 5 rings (SSSR count). The average molecular weight is 530 g/mol. The minimum atomic E-state index is -4.59. The molecular formula is C30H26F3N5O. The molecule has 1 amide bonds. The lowest BCUT2D eigenvalue weighted by Crippen LogP contribution is -2.14. The monoisotopic (exact) mass is 529 g/mol. The van der Waals surface area contributed by atoms with E-state index in [-0.39, 0.29) is 16.9 Å². The number of anilines is 1. The number of carbonyl (C=O) groups is 1. The topological polar surface area (TPSA) is 72.7 Å². The summed E-state index contributed by atoms with van der Waals surface area (Å²) in [5, 5.41) is 11.1. The fraction of sp³-hybridized carbons (Fsp3) is 0.267. The number of halogens is 3. The van der Waals surface area contributed by atoms with Gasteiger partial charge >= 0.3 is 6.18 Å². The van der Waals surface area contributed by atoms with E-state index in [0.717, 1.165) is 29.8 Å². The van der Waals surface area contributed by atoms with E-state index in [1.807, 2.05) is 19.1 Å². The maximum absolute atomic E-state index is 13.6. The third-order valence-electron chi connectivity index (χ3n) is 6.78. The lowest BCUT2D eigenvalue weighted by Gasteiger charge is -2.24. The summed E-state index contributed by atoms with van der Waals surface area (Å²) in [5.41, 5.74) is 3.24. The highest BCUT2D eigenvalue weighted by Gasteiger charge is 2.31. The van der Waals surface area contributed by atoms with Crippen LogP contribution in [0.1, 0.15) is 63.4 Å². The summed E-state index contributed by atoms with van der Waals surface area (Å²) in [6.45, 7) is 3.60. The number of aryl methyl sites for hydroxylation is 2. The Bertz CT molecular complexity index is 1570. The molecule has 0 aliphatic heterocycles. The van der Waals surface area contributed by atoms with E-state index in [4.69, 9.17) is 0 Å². The van der Waals surface area contributed by atoms with E-state index in [0.29, 0.717) is 22.9 Å². The van der Waals surface area contributed by atoms with E-state index in [2.05, 4.69) is 32.3 Å². The minimum absolute atomic E-state index is 0.0154. The van der Waals surface area contributed by atoms with Crippen molar-refractivity contribution in [2.75, 3.05) is 5.32 Å². The lowest BCUT2D eigenvalue weighted by atomic mass is 9.82. The number of alkyl halides is 3. The Balaban J connectivity index is 1.35. The summed E-state index contributed by atoms with van der Waals surface area (Å²) in [7, 11) is 0. The first-order valence-corrected chi connectivity index (χ1v) is 12.6. The van der Waals surface area contributed by atoms with Crippen molar-refractivity contribution < 1.29 is 18.0 Å². The van der Waals surface area contributed by atoms with Gasteiger partial charge < -0.3 is 9.88 Å². The Hall–Kier alpha value is -4.45. The van der Waals surface area contributed by atoms with Gasteiger partial charge in [0, 0.05) is 28.7 Å². The SMILES string of the molecule is Cc1cn(-c2cc(NC(=O)c3ccc(C)c(C#Cc4ccc(CC5CCC5)nn4)c3)cc(C(F)(F)F)c2)cn1. The molecular weight excluding hydrogens is 503 g/mol. The molecule has 2 aromatic carbocycles. The number of rotatable bonds is 5. The predicted molar refractivity (Wildman–Crippen MR) is 141 cm³/mol. The highest BCUT2D eigenvalue weighted by molar-refractivity contribution is 6.04. The van der Waals surface area contributed by atoms with Crippen molar-refractivity contribution in [3.05, 3.63) is 100 Å². The van der Waals surface area contributed by atoms with E-state index < -0.39 is 17.6 Å². The first-order valence-electron chi connectivity index (χ1n) is 12.6. The van der Waals surface area contributed by atoms with Crippen LogP contribution in [-0.2, 0) is 12.6 Å². The molecule has 2 aromatic heterocycles. The molecule has 198 valence electrons. The Morgan fingerprint density at radius 3 is 2.51 bits per heavy atom. The van der Waals surface area contributed by atoms with E-state index in [9.17, 15) is 18.0 Å². The van der Waals surface area contributed by atoms with Crippen LogP contribution >= 0.6 is 0 Å². The van der Waals surface area contributed by atoms with Crippen molar-refractivity contribution in [1.82, 2.24) is 19.7 Å². The first kappa shape index (κ1) is 26.2. The van der Waals surface area contributed by atoms with Crippen molar-refractivity contribution in [1.29, 1.82) is 0 Å². The zero-order chi connectivity index (χ0) is 27.6. The second kappa shape index (κ2) is 10.7. The summed E-state index contributed by atoms with van der Waals surface area (Å²) in [5.74, 6) is 6.18. The van der Waals surface area contributed by atoms with E-state index in [1.54, 1.807) is 31.3 Å². The Morgan fingerprint density at radius 1 is 1.05 bits per heavy atom. The number of nitrogens with one attached hydrogen (secondary N) is 1. The van der Waals surface area contributed by atoms with Crippen LogP contribution in [0.2, 0.25) is 0 Å². The number of aromatic nitrogens is 4. The zero-order valence-corrected chi connectivity index (χ0v) is 21.5. The van der Waals surface area contributed by atoms with Gasteiger partial charge in [-0.05, 0) is 80.1 Å². The zero-order valence-electron chi connectivity index (χ0n) is 21.5.